The van der Waals surface area contributed by atoms with Crippen molar-refractivity contribution in [3.05, 3.63) is 30.3 Å². The Hall–Kier alpha value is -1.03. The molecule has 0 aromatic heterocycles. The summed E-state index contributed by atoms with van der Waals surface area (Å²) in [6.45, 7) is 0.648. The number of rotatable bonds is 5. The smallest absolute Gasteiger partial charge is 0.303 e. The molecule has 0 aliphatic heterocycles. The van der Waals surface area contributed by atoms with E-state index in [4.69, 9.17) is 4.74 Å². The van der Waals surface area contributed by atoms with Crippen molar-refractivity contribution < 1.29 is 13.9 Å². The third kappa shape index (κ3) is 4.83. The predicted octanol–water partition coefficient (Wildman–Crippen LogP) is 2.68. The van der Waals surface area contributed by atoms with Crippen LogP contribution in [0.25, 0.3) is 0 Å². The standard InChI is InChI=1S/C11H13FO2S/c1-9(13)14-10(7-12)8-15-11-5-3-2-4-6-11/h2-6,10H,7-8H2,1H3. The maximum atomic E-state index is 12.4. The van der Waals surface area contributed by atoms with Crippen molar-refractivity contribution in [1.82, 2.24) is 0 Å². The molecular formula is C11H13FO2S. The minimum absolute atomic E-state index is 0.439. The summed E-state index contributed by atoms with van der Waals surface area (Å²) in [7, 11) is 0. The zero-order valence-electron chi connectivity index (χ0n) is 8.48. The predicted molar refractivity (Wildman–Crippen MR) is 58.7 cm³/mol. The molecule has 82 valence electrons. The third-order valence-electron chi connectivity index (χ3n) is 1.68. The van der Waals surface area contributed by atoms with Crippen LogP contribution >= 0.6 is 11.8 Å². The number of halogens is 1. The fourth-order valence-corrected chi connectivity index (χ4v) is 1.94. The number of hydrogen-bond acceptors (Lipinski definition) is 3. The van der Waals surface area contributed by atoms with E-state index in [0.29, 0.717) is 5.75 Å². The van der Waals surface area contributed by atoms with E-state index in [0.717, 1.165) is 4.90 Å². The van der Waals surface area contributed by atoms with Crippen LogP contribution < -0.4 is 0 Å². The average Bonchev–Trinajstić information content (AvgIpc) is 2.25. The zero-order valence-corrected chi connectivity index (χ0v) is 9.30. The Morgan fingerprint density at radius 3 is 2.67 bits per heavy atom. The topological polar surface area (TPSA) is 26.3 Å². The summed E-state index contributed by atoms with van der Waals surface area (Å²) in [6, 6.07) is 9.63. The molecule has 0 bridgehead atoms. The van der Waals surface area contributed by atoms with E-state index in [1.807, 2.05) is 30.3 Å². The Labute approximate surface area is 92.8 Å². The summed E-state index contributed by atoms with van der Waals surface area (Å²) < 4.78 is 17.2. The van der Waals surface area contributed by atoms with Crippen LogP contribution in [0.1, 0.15) is 6.92 Å². The summed E-state index contributed by atoms with van der Waals surface area (Å²) in [4.78, 5) is 11.7. The summed E-state index contributed by atoms with van der Waals surface area (Å²) in [5, 5.41) is 0. The molecule has 0 radical (unpaired) electrons. The Morgan fingerprint density at radius 2 is 2.13 bits per heavy atom. The fourth-order valence-electron chi connectivity index (χ4n) is 1.05. The van der Waals surface area contributed by atoms with Crippen LogP contribution in [0.2, 0.25) is 0 Å². The van der Waals surface area contributed by atoms with Gasteiger partial charge in [0, 0.05) is 17.6 Å². The number of carbonyl (C=O) groups excluding carboxylic acids is 1. The Morgan fingerprint density at radius 1 is 1.47 bits per heavy atom. The third-order valence-corrected chi connectivity index (χ3v) is 2.83. The van der Waals surface area contributed by atoms with Gasteiger partial charge in [0.2, 0.25) is 0 Å². The summed E-state index contributed by atoms with van der Waals surface area (Å²) in [5.41, 5.74) is 0. The maximum absolute atomic E-state index is 12.4. The normalized spacial score (nSPS) is 12.1. The highest BCUT2D eigenvalue weighted by Crippen LogP contribution is 2.19. The van der Waals surface area contributed by atoms with E-state index >= 15 is 0 Å². The second kappa shape index (κ2) is 6.45. The van der Waals surface area contributed by atoms with Crippen molar-refractivity contribution in [3.63, 3.8) is 0 Å². The van der Waals surface area contributed by atoms with E-state index in [1.165, 1.54) is 18.7 Å². The molecule has 0 heterocycles. The lowest BCUT2D eigenvalue weighted by Crippen LogP contribution is -2.20. The lowest BCUT2D eigenvalue weighted by atomic mass is 10.4. The zero-order chi connectivity index (χ0) is 11.1. The van der Waals surface area contributed by atoms with E-state index in [2.05, 4.69) is 0 Å². The molecule has 1 aromatic rings. The van der Waals surface area contributed by atoms with E-state index < -0.39 is 18.7 Å². The lowest BCUT2D eigenvalue weighted by molar-refractivity contribution is -0.145. The highest BCUT2D eigenvalue weighted by molar-refractivity contribution is 7.99. The minimum atomic E-state index is -0.646. The molecule has 4 heteroatoms. The first kappa shape index (κ1) is 12.0. The molecular weight excluding hydrogens is 215 g/mol. The maximum Gasteiger partial charge on any atom is 0.303 e. The van der Waals surface area contributed by atoms with Gasteiger partial charge in [-0.1, -0.05) is 18.2 Å². The minimum Gasteiger partial charge on any atom is -0.459 e. The first-order valence-corrected chi connectivity index (χ1v) is 5.62. The van der Waals surface area contributed by atoms with Crippen LogP contribution in [0.3, 0.4) is 0 Å². The molecule has 2 nitrogen and oxygen atoms in total. The molecule has 15 heavy (non-hydrogen) atoms. The molecule has 0 amide bonds. The number of esters is 1. The number of ether oxygens (including phenoxy) is 1. The molecule has 0 N–H and O–H groups in total. The summed E-state index contributed by atoms with van der Waals surface area (Å²) >= 11 is 1.48. The quantitative estimate of drug-likeness (QED) is 0.572. The second-order valence-electron chi connectivity index (χ2n) is 3.01. The van der Waals surface area contributed by atoms with E-state index in [-0.39, 0.29) is 0 Å². The molecule has 1 unspecified atom stereocenters. The molecule has 1 aromatic carbocycles. The fraction of sp³-hybridized carbons (Fsp3) is 0.364. The largest absolute Gasteiger partial charge is 0.459 e. The van der Waals surface area contributed by atoms with E-state index in [9.17, 15) is 9.18 Å². The Balaban J connectivity index is 2.37. The molecule has 1 atom stereocenters. The van der Waals surface area contributed by atoms with Crippen LogP contribution in [-0.2, 0) is 9.53 Å². The summed E-state index contributed by atoms with van der Waals surface area (Å²) in [5.74, 6) is 0.00594. The van der Waals surface area contributed by atoms with Crippen LogP contribution in [0.5, 0.6) is 0 Å². The highest BCUT2D eigenvalue weighted by Gasteiger charge is 2.11. The van der Waals surface area contributed by atoms with Gasteiger partial charge in [-0.05, 0) is 12.1 Å². The van der Waals surface area contributed by atoms with Gasteiger partial charge in [-0.15, -0.1) is 11.8 Å². The molecule has 0 aliphatic carbocycles. The second-order valence-corrected chi connectivity index (χ2v) is 4.10. The van der Waals surface area contributed by atoms with Crippen LogP contribution in [0, 0.1) is 0 Å². The van der Waals surface area contributed by atoms with Gasteiger partial charge in [0.1, 0.15) is 12.8 Å². The van der Waals surface area contributed by atoms with Gasteiger partial charge in [-0.2, -0.15) is 0 Å². The first-order valence-electron chi connectivity index (χ1n) is 4.63. The van der Waals surface area contributed by atoms with Crippen molar-refractivity contribution in [1.29, 1.82) is 0 Å². The number of benzene rings is 1. The van der Waals surface area contributed by atoms with Gasteiger partial charge in [0.25, 0.3) is 0 Å². The number of alkyl halides is 1. The van der Waals surface area contributed by atoms with Crippen molar-refractivity contribution in [2.75, 3.05) is 12.4 Å². The Kier molecular flexibility index (Phi) is 5.18. The molecule has 0 saturated carbocycles. The first-order chi connectivity index (χ1) is 7.22. The lowest BCUT2D eigenvalue weighted by Gasteiger charge is -2.12. The number of thioether (sulfide) groups is 1. The van der Waals surface area contributed by atoms with Crippen LogP contribution in [0.4, 0.5) is 4.39 Å². The van der Waals surface area contributed by atoms with Gasteiger partial charge in [-0.25, -0.2) is 4.39 Å². The SMILES string of the molecule is CC(=O)OC(CF)CSc1ccccc1. The van der Waals surface area contributed by atoms with Gasteiger partial charge in [0.15, 0.2) is 0 Å². The van der Waals surface area contributed by atoms with Gasteiger partial charge >= 0.3 is 5.97 Å². The number of hydrogen-bond donors (Lipinski definition) is 0. The van der Waals surface area contributed by atoms with E-state index in [1.54, 1.807) is 0 Å². The highest BCUT2D eigenvalue weighted by atomic mass is 32.2. The van der Waals surface area contributed by atoms with Gasteiger partial charge in [-0.3, -0.25) is 4.79 Å². The monoisotopic (exact) mass is 228 g/mol. The van der Waals surface area contributed by atoms with Gasteiger partial charge in [0.05, 0.1) is 0 Å². The molecule has 0 fully saturated rings. The van der Waals surface area contributed by atoms with Crippen molar-refractivity contribution >= 4 is 17.7 Å². The van der Waals surface area contributed by atoms with Crippen molar-refractivity contribution in [2.24, 2.45) is 0 Å². The molecule has 0 aliphatic rings. The Bertz CT molecular complexity index is 303. The molecule has 0 spiro atoms. The molecule has 1 rings (SSSR count). The summed E-state index contributed by atoms with van der Waals surface area (Å²) in [6.07, 6.45) is -0.646. The average molecular weight is 228 g/mol. The number of carbonyl (C=O) groups is 1. The van der Waals surface area contributed by atoms with Crippen LogP contribution in [0.15, 0.2) is 35.2 Å². The van der Waals surface area contributed by atoms with Crippen LogP contribution in [-0.4, -0.2) is 24.5 Å². The van der Waals surface area contributed by atoms with Crippen molar-refractivity contribution in [2.45, 2.75) is 17.9 Å². The van der Waals surface area contributed by atoms with Gasteiger partial charge < -0.3 is 4.74 Å². The van der Waals surface area contributed by atoms with Crippen molar-refractivity contribution in [3.8, 4) is 0 Å². The molecule has 0 saturated heterocycles.